The first-order valence-corrected chi connectivity index (χ1v) is 7.82. The maximum Gasteiger partial charge on any atom is 0.253 e. The molecule has 124 valence electrons. The van der Waals surface area contributed by atoms with Gasteiger partial charge in [-0.3, -0.25) is 4.79 Å². The number of imidazole rings is 1. The molecule has 0 saturated carbocycles. The van der Waals surface area contributed by atoms with E-state index in [1.807, 2.05) is 28.8 Å². The van der Waals surface area contributed by atoms with Crippen LogP contribution in [0.25, 0.3) is 11.2 Å². The molecule has 0 bridgehead atoms. The van der Waals surface area contributed by atoms with Crippen molar-refractivity contribution in [3.05, 3.63) is 54.0 Å². The van der Waals surface area contributed by atoms with Crippen molar-refractivity contribution in [1.82, 2.24) is 19.9 Å². The van der Waals surface area contributed by atoms with E-state index in [1.54, 1.807) is 25.7 Å². The van der Waals surface area contributed by atoms with E-state index in [9.17, 15) is 4.79 Å². The second kappa shape index (κ2) is 6.70. The number of hydrogen-bond donors (Lipinski definition) is 1. The zero-order valence-corrected chi connectivity index (χ0v) is 14.0. The number of pyridine rings is 1. The third kappa shape index (κ3) is 3.22. The fourth-order valence-electron chi connectivity index (χ4n) is 2.49. The van der Waals surface area contributed by atoms with Crippen LogP contribution in [0.2, 0.25) is 0 Å². The summed E-state index contributed by atoms with van der Waals surface area (Å²) in [5.41, 5.74) is 2.98. The lowest BCUT2D eigenvalue weighted by Crippen LogP contribution is -2.23. The summed E-state index contributed by atoms with van der Waals surface area (Å²) in [6.45, 7) is 4.56. The smallest absolute Gasteiger partial charge is 0.253 e. The molecule has 0 unspecified atom stereocenters. The highest BCUT2D eigenvalue weighted by molar-refractivity contribution is 5.96. The zero-order chi connectivity index (χ0) is 17.1. The van der Waals surface area contributed by atoms with Crippen molar-refractivity contribution in [2.75, 3.05) is 7.11 Å². The molecule has 0 radical (unpaired) electrons. The fourth-order valence-corrected chi connectivity index (χ4v) is 2.49. The number of hydrogen-bond acceptors (Lipinski definition) is 4. The molecule has 0 spiro atoms. The van der Waals surface area contributed by atoms with E-state index in [-0.39, 0.29) is 11.9 Å². The standard InChI is InChI=1S/C18H20N4O2/c1-12(2)22-11-21-16-8-14(10-19-17(16)22)18(23)20-9-13-5-4-6-15(7-13)24-3/h4-8,10-12H,9H2,1-3H3,(H,20,23). The molecular formula is C18H20N4O2. The Hall–Kier alpha value is -2.89. The number of ether oxygens (including phenoxy) is 1. The van der Waals surface area contributed by atoms with Crippen molar-refractivity contribution < 1.29 is 9.53 Å². The molecule has 0 aliphatic carbocycles. The van der Waals surface area contributed by atoms with Gasteiger partial charge in [0.2, 0.25) is 0 Å². The van der Waals surface area contributed by atoms with Gasteiger partial charge in [-0.05, 0) is 37.6 Å². The molecule has 3 aromatic rings. The third-order valence-corrected chi connectivity index (χ3v) is 3.82. The molecule has 0 aliphatic heterocycles. The van der Waals surface area contributed by atoms with Gasteiger partial charge in [0.1, 0.15) is 11.3 Å². The summed E-state index contributed by atoms with van der Waals surface area (Å²) in [4.78, 5) is 21.1. The first-order chi connectivity index (χ1) is 11.6. The van der Waals surface area contributed by atoms with Crippen molar-refractivity contribution >= 4 is 17.1 Å². The number of nitrogens with zero attached hydrogens (tertiary/aromatic N) is 3. The lowest BCUT2D eigenvalue weighted by atomic mass is 10.2. The largest absolute Gasteiger partial charge is 0.497 e. The van der Waals surface area contributed by atoms with E-state index in [2.05, 4.69) is 29.1 Å². The number of amides is 1. The van der Waals surface area contributed by atoms with Gasteiger partial charge in [-0.25, -0.2) is 9.97 Å². The summed E-state index contributed by atoms with van der Waals surface area (Å²) in [5.74, 6) is 0.593. The van der Waals surface area contributed by atoms with Crippen molar-refractivity contribution in [2.24, 2.45) is 0 Å². The van der Waals surface area contributed by atoms with Gasteiger partial charge in [0.05, 0.1) is 19.0 Å². The molecule has 3 rings (SSSR count). The number of fused-ring (bicyclic) bond motifs is 1. The van der Waals surface area contributed by atoms with Gasteiger partial charge in [-0.1, -0.05) is 12.1 Å². The number of methoxy groups -OCH3 is 1. The van der Waals surface area contributed by atoms with Crippen molar-refractivity contribution in [1.29, 1.82) is 0 Å². The van der Waals surface area contributed by atoms with E-state index in [4.69, 9.17) is 4.74 Å². The quantitative estimate of drug-likeness (QED) is 0.783. The molecule has 1 N–H and O–H groups in total. The molecule has 1 amide bonds. The van der Waals surface area contributed by atoms with Crippen LogP contribution in [0.15, 0.2) is 42.9 Å². The van der Waals surface area contributed by atoms with Gasteiger partial charge in [0, 0.05) is 18.8 Å². The summed E-state index contributed by atoms with van der Waals surface area (Å²) >= 11 is 0. The average molecular weight is 324 g/mol. The van der Waals surface area contributed by atoms with Crippen LogP contribution in [0.1, 0.15) is 35.8 Å². The second-order valence-electron chi connectivity index (χ2n) is 5.85. The molecule has 24 heavy (non-hydrogen) atoms. The summed E-state index contributed by atoms with van der Waals surface area (Å²) in [5, 5.41) is 2.89. The highest BCUT2D eigenvalue weighted by atomic mass is 16.5. The van der Waals surface area contributed by atoms with Crippen LogP contribution in [0, 0.1) is 0 Å². The van der Waals surface area contributed by atoms with Crippen LogP contribution in [-0.2, 0) is 6.54 Å². The molecule has 6 nitrogen and oxygen atoms in total. The van der Waals surface area contributed by atoms with Crippen LogP contribution in [0.5, 0.6) is 5.75 Å². The molecule has 1 aromatic carbocycles. The van der Waals surface area contributed by atoms with Gasteiger partial charge >= 0.3 is 0 Å². The minimum absolute atomic E-state index is 0.175. The monoisotopic (exact) mass is 324 g/mol. The van der Waals surface area contributed by atoms with E-state index in [0.29, 0.717) is 12.1 Å². The number of rotatable bonds is 5. The molecular weight excluding hydrogens is 304 g/mol. The first-order valence-electron chi connectivity index (χ1n) is 7.82. The van der Waals surface area contributed by atoms with Gasteiger partial charge in [0.25, 0.3) is 5.91 Å². The summed E-state index contributed by atoms with van der Waals surface area (Å²) in [7, 11) is 1.62. The lowest BCUT2D eigenvalue weighted by molar-refractivity contribution is 0.0950. The maximum atomic E-state index is 12.3. The van der Waals surface area contributed by atoms with E-state index >= 15 is 0 Å². The number of benzene rings is 1. The fraction of sp³-hybridized carbons (Fsp3) is 0.278. The average Bonchev–Trinajstić information content (AvgIpc) is 3.03. The molecule has 0 aliphatic rings. The minimum Gasteiger partial charge on any atom is -0.497 e. The van der Waals surface area contributed by atoms with E-state index in [1.165, 1.54) is 0 Å². The SMILES string of the molecule is COc1cccc(CNC(=O)c2cnc3c(c2)ncn3C(C)C)c1. The van der Waals surface area contributed by atoms with Crippen molar-refractivity contribution in [2.45, 2.75) is 26.4 Å². The molecule has 0 atom stereocenters. The normalized spacial score (nSPS) is 11.0. The topological polar surface area (TPSA) is 69.0 Å². The predicted molar refractivity (Wildman–Crippen MR) is 92.1 cm³/mol. The Morgan fingerprint density at radius 2 is 2.12 bits per heavy atom. The summed E-state index contributed by atoms with van der Waals surface area (Å²) in [6.07, 6.45) is 3.34. The van der Waals surface area contributed by atoms with E-state index < -0.39 is 0 Å². The van der Waals surface area contributed by atoms with Crippen molar-refractivity contribution in [3.8, 4) is 5.75 Å². The maximum absolute atomic E-state index is 12.3. The van der Waals surface area contributed by atoms with Gasteiger partial charge in [0.15, 0.2) is 5.65 Å². The lowest BCUT2D eigenvalue weighted by Gasteiger charge is -2.08. The van der Waals surface area contributed by atoms with Gasteiger partial charge in [-0.2, -0.15) is 0 Å². The Labute approximate surface area is 140 Å². The number of nitrogens with one attached hydrogen (secondary N) is 1. The minimum atomic E-state index is -0.175. The Morgan fingerprint density at radius 3 is 2.88 bits per heavy atom. The van der Waals surface area contributed by atoms with Crippen LogP contribution in [0.4, 0.5) is 0 Å². The molecule has 0 fully saturated rings. The Morgan fingerprint density at radius 1 is 1.29 bits per heavy atom. The number of aromatic nitrogens is 3. The molecule has 2 aromatic heterocycles. The van der Waals surface area contributed by atoms with Crippen LogP contribution < -0.4 is 10.1 Å². The van der Waals surface area contributed by atoms with Crippen LogP contribution in [0.3, 0.4) is 0 Å². The van der Waals surface area contributed by atoms with Gasteiger partial charge < -0.3 is 14.6 Å². The number of carbonyl (C=O) groups is 1. The van der Waals surface area contributed by atoms with E-state index in [0.717, 1.165) is 22.5 Å². The Balaban J connectivity index is 1.74. The van der Waals surface area contributed by atoms with Gasteiger partial charge in [-0.15, -0.1) is 0 Å². The molecule has 0 saturated heterocycles. The molecule has 6 heteroatoms. The Kier molecular flexibility index (Phi) is 4.46. The summed E-state index contributed by atoms with van der Waals surface area (Å²) < 4.78 is 7.16. The van der Waals surface area contributed by atoms with Crippen molar-refractivity contribution in [3.63, 3.8) is 0 Å². The second-order valence-corrected chi connectivity index (χ2v) is 5.85. The number of carbonyl (C=O) groups excluding carboxylic acids is 1. The first kappa shape index (κ1) is 16.0. The highest BCUT2D eigenvalue weighted by Gasteiger charge is 2.11. The zero-order valence-electron chi connectivity index (χ0n) is 14.0. The Bertz CT molecular complexity index is 870. The molecule has 2 heterocycles. The van der Waals surface area contributed by atoms with Crippen LogP contribution >= 0.6 is 0 Å². The van der Waals surface area contributed by atoms with Crippen LogP contribution in [-0.4, -0.2) is 27.6 Å². The highest BCUT2D eigenvalue weighted by Crippen LogP contribution is 2.16. The predicted octanol–water partition coefficient (Wildman–Crippen LogP) is 2.95. The third-order valence-electron chi connectivity index (χ3n) is 3.82. The summed E-state index contributed by atoms with van der Waals surface area (Å²) in [6, 6.07) is 9.64.